The first-order valence-corrected chi connectivity index (χ1v) is 10.3. The average Bonchev–Trinajstić information content (AvgIpc) is 2.66. The van der Waals surface area contributed by atoms with E-state index in [1.165, 1.54) is 11.1 Å². The smallest absolute Gasteiger partial charge is 0.217 e. The summed E-state index contributed by atoms with van der Waals surface area (Å²) >= 11 is 6.10. The molecule has 0 radical (unpaired) electrons. The Balaban J connectivity index is 1.84. The lowest BCUT2D eigenvalue weighted by Gasteiger charge is -2.29. The lowest BCUT2D eigenvalue weighted by Crippen LogP contribution is -2.28. The number of benzene rings is 2. The quantitative estimate of drug-likeness (QED) is 0.662. The molecule has 0 saturated carbocycles. The van der Waals surface area contributed by atoms with Crippen LogP contribution in [0.15, 0.2) is 78.0 Å². The number of hydrogen-bond donors (Lipinski definition) is 0. The summed E-state index contributed by atoms with van der Waals surface area (Å²) in [5.41, 5.74) is 4.19. The number of allylic oxidation sites excluding steroid dienone is 4. The van der Waals surface area contributed by atoms with E-state index in [-0.39, 0.29) is 0 Å². The second kappa shape index (κ2) is 9.07. The fraction of sp³-hybridized carbons (Fsp3) is 0.227. The molecular formula is C22H22ClNO2S. The lowest BCUT2D eigenvalue weighted by atomic mass is 10.0. The third kappa shape index (κ3) is 5.34. The Morgan fingerprint density at radius 2 is 1.74 bits per heavy atom. The van der Waals surface area contributed by atoms with Crippen molar-refractivity contribution in [2.75, 3.05) is 6.54 Å². The molecule has 0 amide bonds. The second-order valence-corrected chi connectivity index (χ2v) is 8.03. The van der Waals surface area contributed by atoms with E-state index in [1.54, 1.807) is 0 Å². The van der Waals surface area contributed by atoms with Gasteiger partial charge in [0.2, 0.25) is 10.3 Å². The van der Waals surface area contributed by atoms with Gasteiger partial charge >= 0.3 is 0 Å². The molecule has 140 valence electrons. The van der Waals surface area contributed by atoms with Crippen LogP contribution in [-0.2, 0) is 23.3 Å². The summed E-state index contributed by atoms with van der Waals surface area (Å²) in [4.78, 5) is 2.72. The third-order valence-electron chi connectivity index (χ3n) is 4.69. The Bertz CT molecular complexity index is 1000. The molecule has 0 spiro atoms. The minimum atomic E-state index is -2.20. The summed E-state index contributed by atoms with van der Waals surface area (Å²) in [5.74, 6) is 0. The summed E-state index contributed by atoms with van der Waals surface area (Å²) < 4.78 is 23.1. The van der Waals surface area contributed by atoms with Crippen LogP contribution in [0.25, 0.3) is 0 Å². The summed E-state index contributed by atoms with van der Waals surface area (Å²) in [7, 11) is -2.20. The van der Waals surface area contributed by atoms with Crippen molar-refractivity contribution in [2.45, 2.75) is 26.3 Å². The molecule has 3 rings (SSSR count). The molecule has 0 unspecified atom stereocenters. The van der Waals surface area contributed by atoms with E-state index in [9.17, 15) is 8.42 Å². The fourth-order valence-electron chi connectivity index (χ4n) is 3.17. The number of hydrogen-bond acceptors (Lipinski definition) is 3. The van der Waals surface area contributed by atoms with Gasteiger partial charge in [0.1, 0.15) is 0 Å². The summed E-state index contributed by atoms with van der Waals surface area (Å²) in [6.45, 7) is 3.36. The van der Waals surface area contributed by atoms with Crippen molar-refractivity contribution >= 4 is 26.8 Å². The van der Waals surface area contributed by atoms with Crippen LogP contribution >= 0.6 is 11.6 Å². The van der Waals surface area contributed by atoms with Gasteiger partial charge in [-0.1, -0.05) is 60.1 Å². The van der Waals surface area contributed by atoms with E-state index in [2.05, 4.69) is 23.1 Å². The molecule has 2 aromatic carbocycles. The maximum Gasteiger partial charge on any atom is 0.217 e. The predicted molar refractivity (Wildman–Crippen MR) is 112 cm³/mol. The van der Waals surface area contributed by atoms with Gasteiger partial charge in [-0.25, -0.2) is 0 Å². The van der Waals surface area contributed by atoms with E-state index >= 15 is 0 Å². The third-order valence-corrected chi connectivity index (χ3v) is 5.79. The highest BCUT2D eigenvalue weighted by molar-refractivity contribution is 7.73. The van der Waals surface area contributed by atoms with Crippen molar-refractivity contribution in [3.63, 3.8) is 0 Å². The van der Waals surface area contributed by atoms with E-state index in [0.717, 1.165) is 35.8 Å². The monoisotopic (exact) mass is 399 g/mol. The van der Waals surface area contributed by atoms with Gasteiger partial charge in [-0.3, -0.25) is 0 Å². The van der Waals surface area contributed by atoms with Crippen LogP contribution in [0, 0.1) is 0 Å². The molecule has 27 heavy (non-hydrogen) atoms. The highest BCUT2D eigenvalue weighted by atomic mass is 35.5. The van der Waals surface area contributed by atoms with Crippen molar-refractivity contribution in [3.05, 3.63) is 94.2 Å². The number of halogens is 1. The molecule has 2 aromatic rings. The minimum Gasteiger partial charge on any atom is -0.370 e. The summed E-state index contributed by atoms with van der Waals surface area (Å²) in [6.07, 6.45) is 5.19. The summed E-state index contributed by atoms with van der Waals surface area (Å²) in [6, 6.07) is 18.1. The molecule has 0 N–H and O–H groups in total. The second-order valence-electron chi connectivity index (χ2n) is 6.63. The molecular weight excluding hydrogens is 378 g/mol. The molecule has 3 nitrogen and oxygen atoms in total. The van der Waals surface area contributed by atoms with Crippen molar-refractivity contribution in [3.8, 4) is 0 Å². The van der Waals surface area contributed by atoms with Gasteiger partial charge in [0.15, 0.2) is 0 Å². The van der Waals surface area contributed by atoms with E-state index in [0.29, 0.717) is 11.3 Å². The van der Waals surface area contributed by atoms with Gasteiger partial charge in [0.25, 0.3) is 0 Å². The Kier molecular flexibility index (Phi) is 6.54. The van der Waals surface area contributed by atoms with Gasteiger partial charge in [-0.05, 0) is 48.3 Å². The summed E-state index contributed by atoms with van der Waals surface area (Å²) in [5, 5.41) is 0.731. The number of rotatable bonds is 6. The molecule has 0 aliphatic heterocycles. The predicted octanol–water partition coefficient (Wildman–Crippen LogP) is 4.67. The highest BCUT2D eigenvalue weighted by Crippen LogP contribution is 2.22. The number of nitrogens with zero attached hydrogens (tertiary/aromatic N) is 1. The van der Waals surface area contributed by atoms with Crippen molar-refractivity contribution in [2.24, 2.45) is 0 Å². The molecule has 1 aliphatic carbocycles. The molecule has 0 fully saturated rings. The van der Waals surface area contributed by atoms with Gasteiger partial charge in [-0.15, -0.1) is 0 Å². The normalized spacial score (nSPS) is 13.8. The van der Waals surface area contributed by atoms with Crippen LogP contribution in [-0.4, -0.2) is 24.7 Å². The first kappa shape index (κ1) is 19.5. The first-order valence-electron chi connectivity index (χ1n) is 8.89. The molecule has 0 bridgehead atoms. The van der Waals surface area contributed by atoms with Crippen LogP contribution in [0.1, 0.15) is 24.5 Å². The first-order chi connectivity index (χ1) is 13.0. The zero-order chi connectivity index (χ0) is 19.2. The van der Waals surface area contributed by atoms with E-state index in [4.69, 9.17) is 11.6 Å². The van der Waals surface area contributed by atoms with Crippen molar-refractivity contribution in [1.82, 2.24) is 4.90 Å². The maximum atomic E-state index is 11.6. The Labute approximate surface area is 167 Å². The molecule has 0 aromatic heterocycles. The van der Waals surface area contributed by atoms with Crippen molar-refractivity contribution < 1.29 is 8.42 Å². The van der Waals surface area contributed by atoms with Crippen LogP contribution in [0.3, 0.4) is 0 Å². The molecule has 0 atom stereocenters. The topological polar surface area (TPSA) is 37.4 Å². The molecule has 0 heterocycles. The van der Waals surface area contributed by atoms with Crippen LogP contribution in [0.4, 0.5) is 0 Å². The Morgan fingerprint density at radius 1 is 1.00 bits per heavy atom. The van der Waals surface area contributed by atoms with E-state index < -0.39 is 10.3 Å². The van der Waals surface area contributed by atoms with Gasteiger partial charge < -0.3 is 4.90 Å². The Morgan fingerprint density at radius 3 is 2.44 bits per heavy atom. The van der Waals surface area contributed by atoms with Crippen LogP contribution in [0.2, 0.25) is 5.02 Å². The minimum absolute atomic E-state index is 0.431. The molecule has 5 heteroatoms. The zero-order valence-corrected chi connectivity index (χ0v) is 16.8. The van der Waals surface area contributed by atoms with Gasteiger partial charge in [0.05, 0.1) is 4.86 Å². The average molecular weight is 400 g/mol. The van der Waals surface area contributed by atoms with Crippen molar-refractivity contribution in [1.29, 1.82) is 0 Å². The van der Waals surface area contributed by atoms with E-state index in [1.807, 2.05) is 55.5 Å². The standard InChI is InChI=1S/C22H22ClNO2S/c1-17-10-11-21(15-22(17)27(25)26)24(16-19-6-3-2-4-7-19)13-12-18-8-5-9-20(23)14-18/h2-11,14H,12-13,15-16H2,1H3. The van der Waals surface area contributed by atoms with Crippen LogP contribution in [0.5, 0.6) is 0 Å². The molecule has 1 aliphatic rings. The van der Waals surface area contributed by atoms with Gasteiger partial charge in [0, 0.05) is 30.2 Å². The van der Waals surface area contributed by atoms with Gasteiger partial charge in [-0.2, -0.15) is 8.42 Å². The Hall–Kier alpha value is -2.30. The highest BCUT2D eigenvalue weighted by Gasteiger charge is 2.18. The fourth-order valence-corrected chi connectivity index (χ4v) is 3.98. The lowest BCUT2D eigenvalue weighted by molar-refractivity contribution is 0.336. The SMILES string of the molecule is CC1=CC=C(N(CCc2cccc(Cl)c2)Cc2ccccc2)CC1=S(=O)=O. The zero-order valence-electron chi connectivity index (χ0n) is 15.2. The van der Waals surface area contributed by atoms with Crippen LogP contribution < -0.4 is 0 Å². The largest absolute Gasteiger partial charge is 0.370 e. The molecule has 0 saturated heterocycles. The maximum absolute atomic E-state index is 11.6.